The summed E-state index contributed by atoms with van der Waals surface area (Å²) in [6.07, 6.45) is 0. The highest BCUT2D eigenvalue weighted by molar-refractivity contribution is 7.89. The third kappa shape index (κ3) is 4.14. The first-order valence-electron chi connectivity index (χ1n) is 8.93. The van der Waals surface area contributed by atoms with Crippen LogP contribution in [0.3, 0.4) is 0 Å². The van der Waals surface area contributed by atoms with Crippen molar-refractivity contribution in [2.45, 2.75) is 18.7 Å². The van der Waals surface area contributed by atoms with Crippen LogP contribution in [0.5, 0.6) is 5.75 Å². The van der Waals surface area contributed by atoms with Gasteiger partial charge in [-0.3, -0.25) is 0 Å². The van der Waals surface area contributed by atoms with Gasteiger partial charge in [0.1, 0.15) is 16.5 Å². The number of rotatable bonds is 6. The molecule has 9 heteroatoms. The Bertz CT molecular complexity index is 896. The van der Waals surface area contributed by atoms with Crippen LogP contribution in [0.25, 0.3) is 0 Å². The number of methoxy groups -OCH3 is 1. The van der Waals surface area contributed by atoms with Crippen molar-refractivity contribution in [3.05, 3.63) is 36.0 Å². The van der Waals surface area contributed by atoms with Crippen molar-refractivity contribution >= 4 is 21.8 Å². The third-order valence-corrected chi connectivity index (χ3v) is 6.36. The van der Waals surface area contributed by atoms with Crippen LogP contribution in [-0.4, -0.2) is 62.5 Å². The van der Waals surface area contributed by atoms with E-state index in [-0.39, 0.29) is 4.90 Å². The molecule has 0 atom stereocenters. The third-order valence-electron chi connectivity index (χ3n) is 4.43. The molecule has 1 saturated heterocycles. The van der Waals surface area contributed by atoms with Gasteiger partial charge in [-0.05, 0) is 26.0 Å². The van der Waals surface area contributed by atoms with Crippen molar-refractivity contribution in [2.75, 3.05) is 50.1 Å². The van der Waals surface area contributed by atoms with E-state index >= 15 is 0 Å². The highest BCUT2D eigenvalue weighted by atomic mass is 32.2. The number of sulfonamides is 1. The minimum absolute atomic E-state index is 0.202. The number of hydrogen-bond acceptors (Lipinski definition) is 7. The fourth-order valence-corrected chi connectivity index (χ4v) is 4.66. The maximum absolute atomic E-state index is 13.0. The van der Waals surface area contributed by atoms with E-state index < -0.39 is 10.0 Å². The molecule has 1 fully saturated rings. The number of benzene rings is 1. The van der Waals surface area contributed by atoms with E-state index in [1.54, 1.807) is 24.3 Å². The van der Waals surface area contributed by atoms with E-state index in [2.05, 4.69) is 20.2 Å². The van der Waals surface area contributed by atoms with Crippen LogP contribution in [0, 0.1) is 6.92 Å². The maximum Gasteiger partial charge on any atom is 0.246 e. The molecule has 3 rings (SSSR count). The highest BCUT2D eigenvalue weighted by Crippen LogP contribution is 2.27. The number of piperazine rings is 1. The fraction of sp³-hybridized carbons (Fsp3) is 0.444. The van der Waals surface area contributed by atoms with Gasteiger partial charge in [-0.1, -0.05) is 12.1 Å². The number of aromatic nitrogens is 2. The topological polar surface area (TPSA) is 87.7 Å². The quantitative estimate of drug-likeness (QED) is 0.802. The average Bonchev–Trinajstić information content (AvgIpc) is 2.68. The summed E-state index contributed by atoms with van der Waals surface area (Å²) in [6.45, 7) is 6.57. The first-order valence-corrected chi connectivity index (χ1v) is 10.4. The van der Waals surface area contributed by atoms with Crippen LogP contribution in [-0.2, 0) is 10.0 Å². The zero-order chi connectivity index (χ0) is 19.4. The van der Waals surface area contributed by atoms with Gasteiger partial charge in [0.15, 0.2) is 0 Å². The van der Waals surface area contributed by atoms with Crippen LogP contribution in [0.4, 0.5) is 11.8 Å². The van der Waals surface area contributed by atoms with Gasteiger partial charge < -0.3 is 15.0 Å². The van der Waals surface area contributed by atoms with Gasteiger partial charge in [0.25, 0.3) is 0 Å². The molecule has 1 N–H and O–H groups in total. The molecule has 8 nitrogen and oxygen atoms in total. The average molecular weight is 391 g/mol. The summed E-state index contributed by atoms with van der Waals surface area (Å²) < 4.78 is 32.7. The van der Waals surface area contributed by atoms with Gasteiger partial charge in [-0.2, -0.15) is 9.29 Å². The molecule has 146 valence electrons. The lowest BCUT2D eigenvalue weighted by Crippen LogP contribution is -2.49. The van der Waals surface area contributed by atoms with Crippen molar-refractivity contribution in [3.8, 4) is 5.75 Å². The molecule has 2 heterocycles. The molecule has 1 aromatic heterocycles. The van der Waals surface area contributed by atoms with Crippen molar-refractivity contribution in [3.63, 3.8) is 0 Å². The molecule has 27 heavy (non-hydrogen) atoms. The number of para-hydroxylation sites is 1. The molecule has 1 aliphatic heterocycles. The molecule has 0 spiro atoms. The first-order chi connectivity index (χ1) is 13.0. The lowest BCUT2D eigenvalue weighted by Gasteiger charge is -2.35. The molecule has 1 aliphatic rings. The normalized spacial score (nSPS) is 15.6. The van der Waals surface area contributed by atoms with E-state index in [4.69, 9.17) is 4.74 Å². The minimum atomic E-state index is -3.60. The Morgan fingerprint density at radius 2 is 1.85 bits per heavy atom. The van der Waals surface area contributed by atoms with Gasteiger partial charge in [0.2, 0.25) is 16.0 Å². The molecular weight excluding hydrogens is 366 g/mol. The smallest absolute Gasteiger partial charge is 0.246 e. The van der Waals surface area contributed by atoms with Crippen LogP contribution >= 0.6 is 0 Å². The summed E-state index contributed by atoms with van der Waals surface area (Å²) in [4.78, 5) is 11.2. The highest BCUT2D eigenvalue weighted by Gasteiger charge is 2.31. The lowest BCUT2D eigenvalue weighted by molar-refractivity contribution is 0.373. The Morgan fingerprint density at radius 3 is 2.52 bits per heavy atom. The Morgan fingerprint density at radius 1 is 1.15 bits per heavy atom. The second-order valence-corrected chi connectivity index (χ2v) is 8.17. The number of nitrogens with zero attached hydrogens (tertiary/aromatic N) is 4. The molecular formula is C18H25N5O3S. The van der Waals surface area contributed by atoms with Crippen LogP contribution in [0.1, 0.15) is 12.6 Å². The summed E-state index contributed by atoms with van der Waals surface area (Å²) in [6, 6.07) is 8.63. The summed E-state index contributed by atoms with van der Waals surface area (Å²) >= 11 is 0. The second-order valence-electron chi connectivity index (χ2n) is 6.26. The van der Waals surface area contributed by atoms with Crippen molar-refractivity contribution < 1.29 is 13.2 Å². The molecule has 0 saturated carbocycles. The van der Waals surface area contributed by atoms with Crippen molar-refractivity contribution in [2.24, 2.45) is 0 Å². The molecule has 2 aromatic rings. The van der Waals surface area contributed by atoms with Gasteiger partial charge in [0.05, 0.1) is 7.11 Å². The zero-order valence-corrected chi connectivity index (χ0v) is 16.7. The molecule has 0 amide bonds. The molecule has 0 radical (unpaired) electrons. The maximum atomic E-state index is 13.0. The summed E-state index contributed by atoms with van der Waals surface area (Å²) in [5, 5.41) is 3.13. The number of anilines is 2. The van der Waals surface area contributed by atoms with E-state index in [1.165, 1.54) is 11.4 Å². The number of nitrogens with one attached hydrogen (secondary N) is 1. The zero-order valence-electron chi connectivity index (χ0n) is 15.8. The Hall–Kier alpha value is -2.39. The van der Waals surface area contributed by atoms with E-state index in [0.717, 1.165) is 18.1 Å². The monoisotopic (exact) mass is 391 g/mol. The predicted octanol–water partition coefficient (Wildman–Crippen LogP) is 1.74. The molecule has 1 aromatic carbocycles. The van der Waals surface area contributed by atoms with Crippen LogP contribution in [0.15, 0.2) is 35.2 Å². The summed E-state index contributed by atoms with van der Waals surface area (Å²) in [7, 11) is -2.12. The Labute approximate surface area is 160 Å². The number of aryl methyl sites for hydroxylation is 1. The van der Waals surface area contributed by atoms with Gasteiger partial charge in [-0.15, -0.1) is 0 Å². The van der Waals surface area contributed by atoms with Crippen molar-refractivity contribution in [1.82, 2.24) is 14.3 Å². The Balaban J connectivity index is 1.75. The van der Waals surface area contributed by atoms with Crippen molar-refractivity contribution in [1.29, 1.82) is 0 Å². The first kappa shape index (κ1) is 19.4. The van der Waals surface area contributed by atoms with Gasteiger partial charge in [0, 0.05) is 44.5 Å². The largest absolute Gasteiger partial charge is 0.495 e. The minimum Gasteiger partial charge on any atom is -0.495 e. The SMILES string of the molecule is CCNc1nc(C)cc(N2CCN(S(=O)(=O)c3ccccc3OC)CC2)n1. The van der Waals surface area contributed by atoms with Crippen LogP contribution < -0.4 is 15.0 Å². The second kappa shape index (κ2) is 8.10. The summed E-state index contributed by atoms with van der Waals surface area (Å²) in [5.74, 6) is 1.77. The molecule has 0 unspecified atom stereocenters. The fourth-order valence-electron chi connectivity index (χ4n) is 3.08. The molecule has 0 aliphatic carbocycles. The van der Waals surface area contributed by atoms with Crippen LogP contribution in [0.2, 0.25) is 0 Å². The summed E-state index contributed by atoms with van der Waals surface area (Å²) in [5.41, 5.74) is 0.875. The van der Waals surface area contributed by atoms with Gasteiger partial charge >= 0.3 is 0 Å². The van der Waals surface area contributed by atoms with Gasteiger partial charge in [-0.25, -0.2) is 13.4 Å². The van der Waals surface area contributed by atoms with E-state index in [9.17, 15) is 8.42 Å². The lowest BCUT2D eigenvalue weighted by atomic mass is 10.3. The molecule has 0 bridgehead atoms. The standard InChI is InChI=1S/C18H25N5O3S/c1-4-19-18-20-14(2)13-17(21-18)22-9-11-23(12-10-22)27(24,25)16-8-6-5-7-15(16)26-3/h5-8,13H,4,9-12H2,1-3H3,(H,19,20,21). The van der Waals surface area contributed by atoms with E-state index in [1.807, 2.05) is 19.9 Å². The number of hydrogen-bond donors (Lipinski definition) is 1. The Kier molecular flexibility index (Phi) is 5.81. The number of ether oxygens (including phenoxy) is 1. The van der Waals surface area contributed by atoms with E-state index in [0.29, 0.717) is 37.9 Å². The predicted molar refractivity (Wildman–Crippen MR) is 105 cm³/mol.